The highest BCUT2D eigenvalue weighted by atomic mass is 16.5. The number of carbonyl (C=O) groups excluding carboxylic acids is 1. The quantitative estimate of drug-likeness (QED) is 0.329. The molecular weight excluding hydrogens is 462 g/mol. The Morgan fingerprint density at radius 1 is 1.14 bits per heavy atom. The van der Waals surface area contributed by atoms with Crippen molar-refractivity contribution in [3.63, 3.8) is 0 Å². The summed E-state index contributed by atoms with van der Waals surface area (Å²) in [6, 6.07) is 19.3. The van der Waals surface area contributed by atoms with Crippen LogP contribution in [0.15, 0.2) is 65.3 Å². The highest BCUT2D eigenvalue weighted by Gasteiger charge is 2.54. The van der Waals surface area contributed by atoms with Crippen LogP contribution in [0.5, 0.6) is 0 Å². The molecule has 0 bridgehead atoms. The topological polar surface area (TPSA) is 78.1 Å². The van der Waals surface area contributed by atoms with E-state index in [1.807, 2.05) is 13.1 Å². The fourth-order valence-electron chi connectivity index (χ4n) is 6.69. The molecular formula is C31H31N3O3. The Morgan fingerprint density at radius 3 is 2.78 bits per heavy atom. The van der Waals surface area contributed by atoms with Gasteiger partial charge >= 0.3 is 5.97 Å². The van der Waals surface area contributed by atoms with Crippen LogP contribution in [0.2, 0.25) is 0 Å². The molecule has 2 aromatic carbocycles. The number of nitrogens with zero attached hydrogens (tertiary/aromatic N) is 3. The molecule has 2 aliphatic carbocycles. The van der Waals surface area contributed by atoms with E-state index in [0.717, 1.165) is 53.4 Å². The van der Waals surface area contributed by atoms with Crippen LogP contribution in [0.4, 0.5) is 0 Å². The molecule has 37 heavy (non-hydrogen) atoms. The summed E-state index contributed by atoms with van der Waals surface area (Å²) in [5.41, 5.74) is 7.77. The van der Waals surface area contributed by atoms with E-state index in [4.69, 9.17) is 19.2 Å². The fraction of sp³-hybridized carbons (Fsp3) is 0.355. The Labute approximate surface area is 217 Å². The molecule has 0 unspecified atom stereocenters. The first kappa shape index (κ1) is 23.6. The second-order valence-corrected chi connectivity index (χ2v) is 10.4. The van der Waals surface area contributed by atoms with Crippen LogP contribution < -0.4 is 0 Å². The first-order valence-corrected chi connectivity index (χ1v) is 13.1. The zero-order chi connectivity index (χ0) is 25.6. The number of rotatable bonds is 5. The summed E-state index contributed by atoms with van der Waals surface area (Å²) < 4.78 is 10.9. The Kier molecular flexibility index (Phi) is 5.90. The van der Waals surface area contributed by atoms with Gasteiger partial charge in [0.25, 0.3) is 0 Å². The maximum absolute atomic E-state index is 11.2. The minimum absolute atomic E-state index is 0.239. The van der Waals surface area contributed by atoms with Gasteiger partial charge in [0.15, 0.2) is 0 Å². The van der Waals surface area contributed by atoms with Crippen molar-refractivity contribution in [3.8, 4) is 11.3 Å². The van der Waals surface area contributed by atoms with Gasteiger partial charge in [-0.3, -0.25) is 4.79 Å². The monoisotopic (exact) mass is 493 g/mol. The summed E-state index contributed by atoms with van der Waals surface area (Å²) in [6.45, 7) is 6.08. The SMILES string of the molecule is CC(=O)OCCc1cccc(-c2nc(C)nc3c2CC[C@H]2[C@H](C)c4oncc4C[C@]32c2ccccc2)c1. The molecule has 0 spiro atoms. The van der Waals surface area contributed by atoms with Gasteiger partial charge in [-0.05, 0) is 49.3 Å². The third-order valence-electron chi connectivity index (χ3n) is 8.23. The van der Waals surface area contributed by atoms with Crippen LogP contribution in [-0.2, 0) is 34.2 Å². The van der Waals surface area contributed by atoms with Crippen LogP contribution in [0.25, 0.3) is 11.3 Å². The van der Waals surface area contributed by atoms with E-state index in [2.05, 4.69) is 66.7 Å². The minimum Gasteiger partial charge on any atom is -0.466 e. The van der Waals surface area contributed by atoms with Crippen molar-refractivity contribution in [2.75, 3.05) is 6.61 Å². The maximum atomic E-state index is 11.2. The van der Waals surface area contributed by atoms with E-state index in [-0.39, 0.29) is 17.3 Å². The molecule has 0 N–H and O–H groups in total. The van der Waals surface area contributed by atoms with Crippen molar-refractivity contribution in [3.05, 3.63) is 100 Å². The zero-order valence-electron chi connectivity index (χ0n) is 21.5. The number of benzene rings is 2. The minimum atomic E-state index is -0.276. The average molecular weight is 494 g/mol. The highest BCUT2D eigenvalue weighted by molar-refractivity contribution is 5.68. The first-order chi connectivity index (χ1) is 18.0. The summed E-state index contributed by atoms with van der Waals surface area (Å²) in [5.74, 6) is 2.13. The molecule has 0 aliphatic heterocycles. The second kappa shape index (κ2) is 9.25. The summed E-state index contributed by atoms with van der Waals surface area (Å²) >= 11 is 0. The second-order valence-electron chi connectivity index (χ2n) is 10.4. The van der Waals surface area contributed by atoms with Crippen LogP contribution in [0.3, 0.4) is 0 Å². The van der Waals surface area contributed by atoms with Crippen LogP contribution in [-0.4, -0.2) is 27.7 Å². The average Bonchev–Trinajstić information content (AvgIpc) is 3.37. The van der Waals surface area contributed by atoms with E-state index in [0.29, 0.717) is 18.9 Å². The molecule has 0 saturated carbocycles. The van der Waals surface area contributed by atoms with Crippen molar-refractivity contribution < 1.29 is 14.1 Å². The van der Waals surface area contributed by atoms with E-state index in [1.54, 1.807) is 0 Å². The Balaban J connectivity index is 1.52. The number of esters is 1. The molecule has 0 amide bonds. The zero-order valence-corrected chi connectivity index (χ0v) is 21.5. The number of hydrogen-bond donors (Lipinski definition) is 0. The Morgan fingerprint density at radius 2 is 1.97 bits per heavy atom. The molecule has 6 heteroatoms. The summed E-state index contributed by atoms with van der Waals surface area (Å²) in [7, 11) is 0. The molecule has 2 aliphatic rings. The number of aromatic nitrogens is 3. The van der Waals surface area contributed by atoms with Gasteiger partial charge < -0.3 is 9.26 Å². The van der Waals surface area contributed by atoms with Gasteiger partial charge in [-0.1, -0.05) is 60.6 Å². The Hall–Kier alpha value is -3.80. The Bertz CT molecular complexity index is 1460. The molecule has 4 aromatic rings. The molecule has 3 atom stereocenters. The standard InChI is InChI=1S/C31H31N3O3/c1-19-27-13-12-26-28(23-9-7-8-22(16-23)14-15-36-21(3)35)33-20(2)34-30(26)31(27,25-10-5-4-6-11-25)17-24-18-32-37-29(19)24/h4-11,16,18-19,27H,12-15,17H2,1-3H3/t19-,27-,31+/m0/s1. The largest absolute Gasteiger partial charge is 0.466 e. The van der Waals surface area contributed by atoms with Gasteiger partial charge in [0.05, 0.1) is 24.2 Å². The maximum Gasteiger partial charge on any atom is 0.302 e. The number of ether oxygens (including phenoxy) is 1. The highest BCUT2D eigenvalue weighted by Crippen LogP contribution is 2.57. The molecule has 2 heterocycles. The predicted octanol–water partition coefficient (Wildman–Crippen LogP) is 5.75. The first-order valence-electron chi connectivity index (χ1n) is 13.1. The van der Waals surface area contributed by atoms with Gasteiger partial charge in [0.2, 0.25) is 0 Å². The molecule has 0 radical (unpaired) electrons. The molecule has 2 aromatic heterocycles. The lowest BCUT2D eigenvalue weighted by Crippen LogP contribution is -2.48. The van der Waals surface area contributed by atoms with Crippen molar-refractivity contribution in [1.82, 2.24) is 15.1 Å². The lowest BCUT2D eigenvalue weighted by molar-refractivity contribution is -0.140. The number of fused-ring (bicyclic) bond motifs is 4. The van der Waals surface area contributed by atoms with Crippen LogP contribution >= 0.6 is 0 Å². The van der Waals surface area contributed by atoms with E-state index in [9.17, 15) is 4.79 Å². The van der Waals surface area contributed by atoms with Gasteiger partial charge in [-0.2, -0.15) is 0 Å². The van der Waals surface area contributed by atoms with Gasteiger partial charge in [-0.25, -0.2) is 9.97 Å². The van der Waals surface area contributed by atoms with Gasteiger partial charge in [0.1, 0.15) is 11.6 Å². The van der Waals surface area contributed by atoms with Gasteiger partial charge in [0, 0.05) is 41.4 Å². The van der Waals surface area contributed by atoms with E-state index >= 15 is 0 Å². The van der Waals surface area contributed by atoms with E-state index < -0.39 is 0 Å². The van der Waals surface area contributed by atoms with Crippen molar-refractivity contribution in [2.24, 2.45) is 5.92 Å². The number of carbonyl (C=O) groups is 1. The summed E-state index contributed by atoms with van der Waals surface area (Å²) in [4.78, 5) is 21.4. The molecule has 188 valence electrons. The molecule has 6 nitrogen and oxygen atoms in total. The normalized spacial score (nSPS) is 22.0. The lowest BCUT2D eigenvalue weighted by atomic mass is 9.53. The predicted molar refractivity (Wildman–Crippen MR) is 140 cm³/mol. The third-order valence-corrected chi connectivity index (χ3v) is 8.23. The van der Waals surface area contributed by atoms with Gasteiger partial charge in [-0.15, -0.1) is 0 Å². The molecule has 0 fully saturated rings. The van der Waals surface area contributed by atoms with Crippen molar-refractivity contribution in [2.45, 2.75) is 57.8 Å². The molecule has 0 saturated heterocycles. The number of hydrogen-bond acceptors (Lipinski definition) is 6. The van der Waals surface area contributed by atoms with Crippen LogP contribution in [0, 0.1) is 12.8 Å². The van der Waals surface area contributed by atoms with Crippen molar-refractivity contribution in [1.29, 1.82) is 0 Å². The lowest BCUT2D eigenvalue weighted by Gasteiger charge is -2.50. The van der Waals surface area contributed by atoms with Crippen molar-refractivity contribution >= 4 is 5.97 Å². The van der Waals surface area contributed by atoms with Crippen LogP contribution in [0.1, 0.15) is 65.7 Å². The fourth-order valence-corrected chi connectivity index (χ4v) is 6.69. The summed E-state index contributed by atoms with van der Waals surface area (Å²) in [6.07, 6.45) is 5.31. The summed E-state index contributed by atoms with van der Waals surface area (Å²) in [5, 5.41) is 4.18. The number of aryl methyl sites for hydroxylation is 1. The van der Waals surface area contributed by atoms with E-state index in [1.165, 1.54) is 23.6 Å². The smallest absolute Gasteiger partial charge is 0.302 e. The third kappa shape index (κ3) is 3.95. The molecule has 6 rings (SSSR count).